The predicted molar refractivity (Wildman–Crippen MR) is 87.2 cm³/mol. The molecule has 4 nitrogen and oxygen atoms in total. The number of rotatable bonds is 2. The smallest absolute Gasteiger partial charge is 0.196 e. The van der Waals surface area contributed by atoms with Crippen molar-refractivity contribution in [1.82, 2.24) is 4.90 Å². The molecule has 0 saturated carbocycles. The molecule has 20 heavy (non-hydrogen) atoms. The van der Waals surface area contributed by atoms with Crippen molar-refractivity contribution in [3.8, 4) is 0 Å². The molecular weight excluding hydrogens is 316 g/mol. The lowest BCUT2D eigenvalue weighted by molar-refractivity contribution is 0.260. The molecule has 1 atom stereocenters. The third-order valence-corrected chi connectivity index (χ3v) is 5.09. The summed E-state index contributed by atoms with van der Waals surface area (Å²) in [5.41, 5.74) is 7.34. The fourth-order valence-electron chi connectivity index (χ4n) is 3.26. The van der Waals surface area contributed by atoms with Crippen molar-refractivity contribution in [2.75, 3.05) is 24.5 Å². The summed E-state index contributed by atoms with van der Waals surface area (Å²) >= 11 is 3.64. The Hall–Kier alpha value is -1.07. The number of guanidine groups is 1. The van der Waals surface area contributed by atoms with Gasteiger partial charge in [0.1, 0.15) is 0 Å². The lowest BCUT2D eigenvalue weighted by atomic mass is 9.97. The van der Waals surface area contributed by atoms with E-state index in [0.29, 0.717) is 12.0 Å². The molecular formula is C15H21BrN4. The Morgan fingerprint density at radius 1 is 1.35 bits per heavy atom. The summed E-state index contributed by atoms with van der Waals surface area (Å²) in [6.45, 7) is 7.43. The maximum atomic E-state index is 6.19. The Morgan fingerprint density at radius 3 is 2.75 bits per heavy atom. The first kappa shape index (κ1) is 13.9. The molecule has 2 N–H and O–H groups in total. The monoisotopic (exact) mass is 336 g/mol. The number of para-hydroxylation sites is 1. The number of hydrogen-bond acceptors (Lipinski definition) is 4. The second-order valence-corrected chi connectivity index (χ2v) is 6.85. The average molecular weight is 337 g/mol. The second kappa shape index (κ2) is 5.04. The molecule has 0 radical (unpaired) electrons. The molecule has 1 aromatic rings. The Kier molecular flexibility index (Phi) is 3.50. The van der Waals surface area contributed by atoms with Crippen molar-refractivity contribution in [2.45, 2.75) is 31.8 Å². The van der Waals surface area contributed by atoms with Crippen molar-refractivity contribution in [1.29, 1.82) is 0 Å². The normalized spacial score (nSPS) is 26.8. The lowest BCUT2D eigenvalue weighted by Gasteiger charge is -2.37. The van der Waals surface area contributed by atoms with Crippen LogP contribution in [0.1, 0.15) is 20.3 Å². The highest BCUT2D eigenvalue weighted by molar-refractivity contribution is 9.10. The molecule has 1 aromatic carbocycles. The molecule has 108 valence electrons. The number of nitrogens with zero attached hydrogens (tertiary/aromatic N) is 3. The van der Waals surface area contributed by atoms with Gasteiger partial charge in [-0.2, -0.15) is 0 Å². The first-order valence-corrected chi connectivity index (χ1v) is 7.91. The molecule has 0 bridgehead atoms. The van der Waals surface area contributed by atoms with Crippen LogP contribution in [0.3, 0.4) is 0 Å². The van der Waals surface area contributed by atoms with Crippen LogP contribution in [-0.4, -0.2) is 42.1 Å². The van der Waals surface area contributed by atoms with E-state index in [4.69, 9.17) is 5.73 Å². The summed E-state index contributed by atoms with van der Waals surface area (Å²) < 4.78 is 1.07. The van der Waals surface area contributed by atoms with Crippen LogP contribution in [0.2, 0.25) is 0 Å². The Labute approximate surface area is 128 Å². The SMILES string of the molecule is CC(C)N1CCC2(CN=C(N)N2c2ccccc2Br)C1. The molecule has 1 saturated heterocycles. The van der Waals surface area contributed by atoms with Crippen molar-refractivity contribution in [3.05, 3.63) is 28.7 Å². The van der Waals surface area contributed by atoms with E-state index in [9.17, 15) is 0 Å². The van der Waals surface area contributed by atoms with Crippen LogP contribution in [0.15, 0.2) is 33.7 Å². The number of hydrogen-bond donors (Lipinski definition) is 1. The van der Waals surface area contributed by atoms with Gasteiger partial charge in [-0.15, -0.1) is 0 Å². The Balaban J connectivity index is 1.96. The van der Waals surface area contributed by atoms with Gasteiger partial charge < -0.3 is 10.6 Å². The van der Waals surface area contributed by atoms with Gasteiger partial charge in [0.2, 0.25) is 0 Å². The van der Waals surface area contributed by atoms with Gasteiger partial charge in [-0.25, -0.2) is 0 Å². The zero-order valence-corrected chi connectivity index (χ0v) is 13.6. The minimum absolute atomic E-state index is 0.0260. The van der Waals surface area contributed by atoms with E-state index in [1.807, 2.05) is 6.07 Å². The maximum absolute atomic E-state index is 6.19. The molecule has 1 fully saturated rings. The largest absolute Gasteiger partial charge is 0.369 e. The van der Waals surface area contributed by atoms with E-state index in [1.54, 1.807) is 0 Å². The highest BCUT2D eigenvalue weighted by atomic mass is 79.9. The van der Waals surface area contributed by atoms with Crippen molar-refractivity contribution in [3.63, 3.8) is 0 Å². The van der Waals surface area contributed by atoms with Gasteiger partial charge >= 0.3 is 0 Å². The molecule has 1 spiro atoms. The summed E-state index contributed by atoms with van der Waals surface area (Å²) in [5.74, 6) is 0.641. The first-order valence-electron chi connectivity index (χ1n) is 7.12. The summed E-state index contributed by atoms with van der Waals surface area (Å²) in [4.78, 5) is 9.28. The first-order chi connectivity index (χ1) is 9.53. The summed E-state index contributed by atoms with van der Waals surface area (Å²) in [6, 6.07) is 8.81. The van der Waals surface area contributed by atoms with E-state index in [0.717, 1.165) is 36.2 Å². The third-order valence-electron chi connectivity index (χ3n) is 4.42. The number of anilines is 1. The highest BCUT2D eigenvalue weighted by Gasteiger charge is 2.48. The average Bonchev–Trinajstić information content (AvgIpc) is 2.97. The molecule has 2 aliphatic rings. The van der Waals surface area contributed by atoms with Gasteiger partial charge in [0.25, 0.3) is 0 Å². The zero-order valence-electron chi connectivity index (χ0n) is 12.0. The van der Waals surface area contributed by atoms with Crippen LogP contribution >= 0.6 is 15.9 Å². The lowest BCUT2D eigenvalue weighted by Crippen LogP contribution is -2.54. The van der Waals surface area contributed by atoms with Crippen molar-refractivity contribution < 1.29 is 0 Å². The quantitative estimate of drug-likeness (QED) is 0.902. The number of likely N-dealkylation sites (tertiary alicyclic amines) is 1. The number of halogens is 1. The van der Waals surface area contributed by atoms with Crippen LogP contribution in [0.5, 0.6) is 0 Å². The number of aliphatic imine (C=N–C) groups is 1. The topological polar surface area (TPSA) is 44.9 Å². The van der Waals surface area contributed by atoms with Crippen molar-refractivity contribution in [2.24, 2.45) is 10.7 Å². The third kappa shape index (κ3) is 2.13. The molecule has 2 aliphatic heterocycles. The van der Waals surface area contributed by atoms with E-state index >= 15 is 0 Å². The minimum Gasteiger partial charge on any atom is -0.369 e. The maximum Gasteiger partial charge on any atom is 0.196 e. The van der Waals surface area contributed by atoms with E-state index in [1.165, 1.54) is 0 Å². The number of benzene rings is 1. The van der Waals surface area contributed by atoms with Gasteiger partial charge in [-0.1, -0.05) is 12.1 Å². The second-order valence-electron chi connectivity index (χ2n) is 6.00. The van der Waals surface area contributed by atoms with Crippen LogP contribution in [-0.2, 0) is 0 Å². The zero-order chi connectivity index (χ0) is 14.3. The Bertz CT molecular complexity index is 542. The molecule has 0 amide bonds. The van der Waals surface area contributed by atoms with Gasteiger partial charge in [0.05, 0.1) is 17.8 Å². The number of nitrogens with two attached hydrogens (primary N) is 1. The summed E-state index contributed by atoms with van der Waals surface area (Å²) in [7, 11) is 0. The van der Waals surface area contributed by atoms with Gasteiger partial charge in [-0.05, 0) is 48.3 Å². The summed E-state index contributed by atoms with van der Waals surface area (Å²) in [6.07, 6.45) is 1.11. The molecule has 5 heteroatoms. The molecule has 0 aromatic heterocycles. The van der Waals surface area contributed by atoms with Gasteiger partial charge in [0, 0.05) is 23.6 Å². The Morgan fingerprint density at radius 2 is 2.10 bits per heavy atom. The van der Waals surface area contributed by atoms with Crippen LogP contribution in [0, 0.1) is 0 Å². The minimum atomic E-state index is 0.0260. The van der Waals surface area contributed by atoms with Crippen molar-refractivity contribution >= 4 is 27.6 Å². The van der Waals surface area contributed by atoms with Gasteiger partial charge in [-0.3, -0.25) is 9.89 Å². The predicted octanol–water partition coefficient (Wildman–Crippen LogP) is 2.44. The standard InChI is InChI=1S/C15H21BrN4/c1-11(2)19-8-7-15(10-19)9-18-14(17)20(15)13-6-4-3-5-12(13)16/h3-6,11H,7-10H2,1-2H3,(H2,17,18). The van der Waals surface area contributed by atoms with E-state index in [2.05, 4.69) is 62.8 Å². The summed E-state index contributed by atoms with van der Waals surface area (Å²) in [5, 5.41) is 0. The highest BCUT2D eigenvalue weighted by Crippen LogP contribution is 2.39. The van der Waals surface area contributed by atoms with Gasteiger partial charge in [0.15, 0.2) is 5.96 Å². The molecule has 2 heterocycles. The fraction of sp³-hybridized carbons (Fsp3) is 0.533. The van der Waals surface area contributed by atoms with E-state index in [-0.39, 0.29) is 5.54 Å². The van der Waals surface area contributed by atoms with Crippen LogP contribution in [0.25, 0.3) is 0 Å². The van der Waals surface area contributed by atoms with Crippen LogP contribution in [0.4, 0.5) is 5.69 Å². The molecule has 3 rings (SSSR count). The molecule has 1 unspecified atom stereocenters. The van der Waals surface area contributed by atoms with Crippen LogP contribution < -0.4 is 10.6 Å². The molecule has 0 aliphatic carbocycles. The fourth-order valence-corrected chi connectivity index (χ4v) is 3.73. The van der Waals surface area contributed by atoms with E-state index < -0.39 is 0 Å².